The van der Waals surface area contributed by atoms with E-state index in [1.807, 2.05) is 18.3 Å². The number of pyridine rings is 1. The number of nitrogens with zero attached hydrogens (tertiary/aromatic N) is 5. The Morgan fingerprint density at radius 3 is 3.00 bits per heavy atom. The van der Waals surface area contributed by atoms with Crippen LogP contribution >= 0.6 is 0 Å². The third-order valence-corrected chi connectivity index (χ3v) is 3.99. The lowest BCUT2D eigenvalue weighted by Crippen LogP contribution is -2.38. The number of primary amides is 1. The molecule has 1 amide bonds. The Bertz CT molecular complexity index is 626. The average molecular weight is 300 g/mol. The molecule has 7 nitrogen and oxygen atoms in total. The zero-order valence-electron chi connectivity index (χ0n) is 12.4. The molecule has 2 N–H and O–H groups in total. The minimum Gasteiger partial charge on any atom is -0.363 e. The molecule has 1 saturated heterocycles. The Hall–Kier alpha value is -2.28. The van der Waals surface area contributed by atoms with Crippen LogP contribution < -0.4 is 5.73 Å². The van der Waals surface area contributed by atoms with E-state index in [0.29, 0.717) is 0 Å². The fourth-order valence-electron chi connectivity index (χ4n) is 2.83. The van der Waals surface area contributed by atoms with Crippen LogP contribution in [-0.2, 0) is 6.42 Å². The molecule has 1 atom stereocenters. The molecule has 1 fully saturated rings. The molecule has 116 valence electrons. The van der Waals surface area contributed by atoms with Crippen molar-refractivity contribution in [2.24, 2.45) is 5.73 Å². The first-order valence-electron chi connectivity index (χ1n) is 7.55. The van der Waals surface area contributed by atoms with E-state index in [2.05, 4.69) is 26.0 Å². The molecule has 3 heterocycles. The Morgan fingerprint density at radius 1 is 1.36 bits per heavy atom. The largest absolute Gasteiger partial charge is 0.363 e. The smallest absolute Gasteiger partial charge is 0.288 e. The van der Waals surface area contributed by atoms with Crippen LogP contribution in [0.5, 0.6) is 0 Å². The number of nitrogens with two attached hydrogens (primary N) is 1. The van der Waals surface area contributed by atoms with Crippen LogP contribution in [0.1, 0.15) is 35.2 Å². The molecular weight excluding hydrogens is 280 g/mol. The summed E-state index contributed by atoms with van der Waals surface area (Å²) in [5, 5.41) is 4.18. The van der Waals surface area contributed by atoms with Gasteiger partial charge in [-0.25, -0.2) is 9.67 Å². The van der Waals surface area contributed by atoms with Crippen molar-refractivity contribution in [3.05, 3.63) is 42.2 Å². The Balaban J connectivity index is 1.58. The first-order chi connectivity index (χ1) is 10.7. The number of carbonyl (C=O) groups excluding carboxylic acids is 1. The van der Waals surface area contributed by atoms with Crippen molar-refractivity contribution in [2.75, 3.05) is 19.6 Å². The van der Waals surface area contributed by atoms with Gasteiger partial charge in [0.25, 0.3) is 5.91 Å². The summed E-state index contributed by atoms with van der Waals surface area (Å²) >= 11 is 0. The summed E-state index contributed by atoms with van der Waals surface area (Å²) in [6, 6.07) is 6.25. The van der Waals surface area contributed by atoms with Crippen molar-refractivity contribution in [3.63, 3.8) is 0 Å². The van der Waals surface area contributed by atoms with Gasteiger partial charge in [0.05, 0.1) is 6.04 Å². The zero-order valence-corrected chi connectivity index (χ0v) is 12.4. The number of aromatic nitrogens is 4. The van der Waals surface area contributed by atoms with Crippen LogP contribution in [0, 0.1) is 0 Å². The van der Waals surface area contributed by atoms with E-state index in [4.69, 9.17) is 5.73 Å². The Labute approximate surface area is 129 Å². The molecule has 1 aliphatic heterocycles. The fourth-order valence-corrected chi connectivity index (χ4v) is 2.83. The van der Waals surface area contributed by atoms with E-state index in [1.54, 1.807) is 11.0 Å². The van der Waals surface area contributed by atoms with E-state index >= 15 is 0 Å². The maximum Gasteiger partial charge on any atom is 0.288 e. The zero-order chi connectivity index (χ0) is 15.4. The molecule has 0 radical (unpaired) electrons. The van der Waals surface area contributed by atoms with Crippen LogP contribution in [-0.4, -0.2) is 50.2 Å². The molecule has 0 aliphatic carbocycles. The summed E-state index contributed by atoms with van der Waals surface area (Å²) in [4.78, 5) is 21.8. The van der Waals surface area contributed by atoms with Gasteiger partial charge >= 0.3 is 0 Å². The summed E-state index contributed by atoms with van der Waals surface area (Å²) in [6.07, 6.45) is 6.53. The van der Waals surface area contributed by atoms with Crippen molar-refractivity contribution >= 4 is 5.91 Å². The number of likely N-dealkylation sites (tertiary alicyclic amines) is 1. The third kappa shape index (κ3) is 3.48. The standard InChI is InChI=1S/C15H20N6O/c16-14(22)15-18-11-21(19-15)13-5-3-8-20(10-13)9-6-12-4-1-2-7-17-12/h1-2,4,7,11,13H,3,5-6,8-10H2,(H2,16,22). The van der Waals surface area contributed by atoms with E-state index in [1.165, 1.54) is 0 Å². The van der Waals surface area contributed by atoms with Gasteiger partial charge in [-0.3, -0.25) is 9.78 Å². The highest BCUT2D eigenvalue weighted by Gasteiger charge is 2.22. The third-order valence-electron chi connectivity index (χ3n) is 3.99. The van der Waals surface area contributed by atoms with Crippen LogP contribution in [0.3, 0.4) is 0 Å². The fraction of sp³-hybridized carbons (Fsp3) is 0.467. The number of amides is 1. The van der Waals surface area contributed by atoms with Gasteiger partial charge in [-0.15, -0.1) is 5.10 Å². The number of carbonyl (C=O) groups is 1. The van der Waals surface area contributed by atoms with Crippen molar-refractivity contribution < 1.29 is 4.79 Å². The summed E-state index contributed by atoms with van der Waals surface area (Å²) in [6.45, 7) is 2.97. The normalized spacial score (nSPS) is 19.2. The highest BCUT2D eigenvalue weighted by molar-refractivity contribution is 5.88. The maximum atomic E-state index is 11.1. The summed E-state index contributed by atoms with van der Waals surface area (Å²) < 4.78 is 1.77. The minimum atomic E-state index is -0.582. The molecule has 0 bridgehead atoms. The van der Waals surface area contributed by atoms with Crippen molar-refractivity contribution in [2.45, 2.75) is 25.3 Å². The van der Waals surface area contributed by atoms with E-state index in [0.717, 1.165) is 44.6 Å². The van der Waals surface area contributed by atoms with Gasteiger partial charge in [-0.05, 0) is 31.5 Å². The van der Waals surface area contributed by atoms with Gasteiger partial charge in [0, 0.05) is 31.4 Å². The lowest BCUT2D eigenvalue weighted by Gasteiger charge is -2.32. The second-order valence-corrected chi connectivity index (χ2v) is 5.58. The minimum absolute atomic E-state index is 0.0885. The van der Waals surface area contributed by atoms with Crippen LogP contribution in [0.2, 0.25) is 0 Å². The highest BCUT2D eigenvalue weighted by atomic mass is 16.1. The Kier molecular flexibility index (Phi) is 4.43. The molecule has 2 aromatic rings. The van der Waals surface area contributed by atoms with Gasteiger partial charge < -0.3 is 10.6 Å². The molecular formula is C15H20N6O. The maximum absolute atomic E-state index is 11.1. The van der Waals surface area contributed by atoms with Crippen molar-refractivity contribution in [1.29, 1.82) is 0 Å². The lowest BCUT2D eigenvalue weighted by atomic mass is 10.1. The Morgan fingerprint density at radius 2 is 2.27 bits per heavy atom. The van der Waals surface area contributed by atoms with E-state index in [9.17, 15) is 4.79 Å². The first-order valence-corrected chi connectivity index (χ1v) is 7.55. The molecule has 0 saturated carbocycles. The SMILES string of the molecule is NC(=O)c1ncn(C2CCCN(CCc3ccccn3)C2)n1. The molecule has 2 aromatic heterocycles. The highest BCUT2D eigenvalue weighted by Crippen LogP contribution is 2.20. The van der Waals surface area contributed by atoms with Crippen LogP contribution in [0.15, 0.2) is 30.7 Å². The monoisotopic (exact) mass is 300 g/mol. The topological polar surface area (TPSA) is 89.9 Å². The van der Waals surface area contributed by atoms with Crippen molar-refractivity contribution in [3.8, 4) is 0 Å². The van der Waals surface area contributed by atoms with Gasteiger partial charge in [0.15, 0.2) is 0 Å². The molecule has 1 aliphatic rings. The van der Waals surface area contributed by atoms with E-state index < -0.39 is 5.91 Å². The summed E-state index contributed by atoms with van der Waals surface area (Å²) in [7, 11) is 0. The molecule has 7 heteroatoms. The molecule has 0 spiro atoms. The predicted octanol–water partition coefficient (Wildman–Crippen LogP) is 0.652. The summed E-state index contributed by atoms with van der Waals surface area (Å²) in [5.74, 6) is -0.493. The number of hydrogen-bond donors (Lipinski definition) is 1. The second-order valence-electron chi connectivity index (χ2n) is 5.58. The molecule has 3 rings (SSSR count). The van der Waals surface area contributed by atoms with Gasteiger partial charge in [0.2, 0.25) is 5.82 Å². The number of rotatable bonds is 5. The van der Waals surface area contributed by atoms with Gasteiger partial charge in [-0.1, -0.05) is 6.07 Å². The van der Waals surface area contributed by atoms with Gasteiger partial charge in [0.1, 0.15) is 6.33 Å². The molecule has 0 aromatic carbocycles. The van der Waals surface area contributed by atoms with Crippen LogP contribution in [0.4, 0.5) is 0 Å². The van der Waals surface area contributed by atoms with E-state index in [-0.39, 0.29) is 11.9 Å². The first kappa shape index (κ1) is 14.6. The summed E-state index contributed by atoms with van der Waals surface area (Å²) in [5.41, 5.74) is 6.31. The van der Waals surface area contributed by atoms with Crippen LogP contribution in [0.25, 0.3) is 0 Å². The molecule has 22 heavy (non-hydrogen) atoms. The number of hydrogen-bond acceptors (Lipinski definition) is 5. The van der Waals surface area contributed by atoms with Gasteiger partial charge in [-0.2, -0.15) is 0 Å². The van der Waals surface area contributed by atoms with Crippen molar-refractivity contribution in [1.82, 2.24) is 24.6 Å². The second kappa shape index (κ2) is 6.65. The number of piperidine rings is 1. The predicted molar refractivity (Wildman–Crippen MR) is 81.2 cm³/mol. The lowest BCUT2D eigenvalue weighted by molar-refractivity contribution is 0.0989. The quantitative estimate of drug-likeness (QED) is 0.875. The average Bonchev–Trinajstić information content (AvgIpc) is 3.05. The molecule has 1 unspecified atom stereocenters.